The number of carbonyl (C=O) groups is 1. The molecule has 2 aliphatic rings. The molecule has 1 saturated carbocycles. The molecule has 2 fully saturated rings. The minimum absolute atomic E-state index is 0.114. The Bertz CT molecular complexity index is 242. The second-order valence-corrected chi connectivity index (χ2v) is 5.09. The molecule has 86 valence electrons. The van der Waals surface area contributed by atoms with Crippen LogP contribution >= 0.6 is 0 Å². The highest BCUT2D eigenvalue weighted by Gasteiger charge is 2.34. The van der Waals surface area contributed by atoms with Crippen molar-refractivity contribution in [2.45, 2.75) is 57.6 Å². The molecule has 1 aliphatic carbocycles. The summed E-state index contributed by atoms with van der Waals surface area (Å²) in [6.07, 6.45) is 5.41. The third-order valence-electron chi connectivity index (χ3n) is 3.88. The van der Waals surface area contributed by atoms with E-state index in [9.17, 15) is 9.90 Å². The van der Waals surface area contributed by atoms with Crippen molar-refractivity contribution in [2.24, 2.45) is 5.92 Å². The van der Waals surface area contributed by atoms with E-state index in [1.807, 2.05) is 4.90 Å². The van der Waals surface area contributed by atoms with E-state index in [1.54, 1.807) is 0 Å². The summed E-state index contributed by atoms with van der Waals surface area (Å²) in [5.41, 5.74) is 0. The first kappa shape index (κ1) is 10.9. The maximum Gasteiger partial charge on any atom is 0.222 e. The molecule has 15 heavy (non-hydrogen) atoms. The molecule has 1 N–H and O–H groups in total. The Morgan fingerprint density at radius 1 is 1.27 bits per heavy atom. The van der Waals surface area contributed by atoms with Gasteiger partial charge in [-0.15, -0.1) is 0 Å². The lowest BCUT2D eigenvalue weighted by atomic mass is 10.0. The Morgan fingerprint density at radius 3 is 2.73 bits per heavy atom. The van der Waals surface area contributed by atoms with Crippen LogP contribution < -0.4 is 0 Å². The number of amides is 1. The van der Waals surface area contributed by atoms with Crippen LogP contribution in [0.3, 0.4) is 0 Å². The fourth-order valence-corrected chi connectivity index (χ4v) is 2.78. The lowest BCUT2D eigenvalue weighted by Crippen LogP contribution is -2.44. The summed E-state index contributed by atoms with van der Waals surface area (Å²) in [6, 6.07) is 0.114. The largest absolute Gasteiger partial charge is 0.391 e. The van der Waals surface area contributed by atoms with Crippen molar-refractivity contribution >= 4 is 5.91 Å². The topological polar surface area (TPSA) is 40.5 Å². The van der Waals surface area contributed by atoms with Crippen molar-refractivity contribution in [3.05, 3.63) is 0 Å². The first-order valence-corrected chi connectivity index (χ1v) is 6.16. The maximum atomic E-state index is 11.9. The van der Waals surface area contributed by atoms with Gasteiger partial charge in [0, 0.05) is 13.0 Å². The van der Waals surface area contributed by atoms with Crippen molar-refractivity contribution < 1.29 is 9.90 Å². The number of rotatable bonds is 1. The van der Waals surface area contributed by atoms with Crippen molar-refractivity contribution in [3.63, 3.8) is 0 Å². The Morgan fingerprint density at radius 2 is 2.07 bits per heavy atom. The van der Waals surface area contributed by atoms with Gasteiger partial charge in [-0.1, -0.05) is 6.92 Å². The van der Waals surface area contributed by atoms with Crippen LogP contribution in [0, 0.1) is 5.92 Å². The summed E-state index contributed by atoms with van der Waals surface area (Å²) in [5.74, 6) is 0.905. The van der Waals surface area contributed by atoms with E-state index in [0.717, 1.165) is 38.6 Å². The van der Waals surface area contributed by atoms with E-state index in [4.69, 9.17) is 0 Å². The Balaban J connectivity index is 2.03. The van der Waals surface area contributed by atoms with Gasteiger partial charge in [0.25, 0.3) is 0 Å². The number of nitrogens with zero attached hydrogens (tertiary/aromatic N) is 1. The Kier molecular flexibility index (Phi) is 3.29. The quantitative estimate of drug-likeness (QED) is 0.715. The lowest BCUT2D eigenvalue weighted by molar-refractivity contribution is -0.134. The highest BCUT2D eigenvalue weighted by molar-refractivity contribution is 5.76. The fraction of sp³-hybridized carbons (Fsp3) is 0.917. The van der Waals surface area contributed by atoms with E-state index >= 15 is 0 Å². The average Bonchev–Trinajstić information content (AvgIpc) is 2.55. The molecule has 1 amide bonds. The molecule has 0 spiro atoms. The molecule has 1 unspecified atom stereocenters. The zero-order valence-corrected chi connectivity index (χ0v) is 9.48. The maximum absolute atomic E-state index is 11.9. The number of aliphatic hydroxyl groups is 1. The molecule has 0 aromatic rings. The van der Waals surface area contributed by atoms with E-state index in [0.29, 0.717) is 12.3 Å². The molecule has 0 bridgehead atoms. The molecular weight excluding hydrogens is 190 g/mol. The smallest absolute Gasteiger partial charge is 0.222 e. The SMILES string of the molecule is CC1CCC(=O)N([C@H]2CCC[C@@H]2O)CC1. The third kappa shape index (κ3) is 2.33. The number of likely N-dealkylation sites (tertiary alicyclic amines) is 1. The molecule has 3 atom stereocenters. The van der Waals surface area contributed by atoms with Crippen LogP contribution in [-0.4, -0.2) is 34.6 Å². The van der Waals surface area contributed by atoms with E-state index < -0.39 is 0 Å². The average molecular weight is 211 g/mol. The molecule has 0 aromatic heterocycles. The summed E-state index contributed by atoms with van der Waals surface area (Å²) >= 11 is 0. The lowest BCUT2D eigenvalue weighted by Gasteiger charge is -2.30. The van der Waals surface area contributed by atoms with Gasteiger partial charge in [-0.2, -0.15) is 0 Å². The van der Waals surface area contributed by atoms with Gasteiger partial charge < -0.3 is 10.0 Å². The molecule has 2 rings (SSSR count). The minimum Gasteiger partial charge on any atom is -0.391 e. The van der Waals surface area contributed by atoms with Crippen LogP contribution in [0.15, 0.2) is 0 Å². The van der Waals surface area contributed by atoms with Gasteiger partial charge >= 0.3 is 0 Å². The van der Waals surface area contributed by atoms with Crippen LogP contribution in [-0.2, 0) is 4.79 Å². The highest BCUT2D eigenvalue weighted by atomic mass is 16.3. The van der Waals surface area contributed by atoms with Gasteiger partial charge in [0.2, 0.25) is 5.91 Å². The van der Waals surface area contributed by atoms with Crippen molar-refractivity contribution in [1.29, 1.82) is 0 Å². The number of hydrogen-bond acceptors (Lipinski definition) is 2. The first-order valence-electron chi connectivity index (χ1n) is 6.16. The Labute approximate surface area is 91.5 Å². The molecule has 1 aliphatic heterocycles. The van der Waals surface area contributed by atoms with Crippen molar-refractivity contribution in [1.82, 2.24) is 4.90 Å². The van der Waals surface area contributed by atoms with Crippen molar-refractivity contribution in [3.8, 4) is 0 Å². The summed E-state index contributed by atoms with van der Waals surface area (Å²) < 4.78 is 0. The van der Waals surface area contributed by atoms with Crippen LogP contribution in [0.4, 0.5) is 0 Å². The molecule has 1 saturated heterocycles. The normalized spacial score (nSPS) is 38.1. The van der Waals surface area contributed by atoms with Gasteiger partial charge in [-0.05, 0) is 38.0 Å². The molecule has 3 heteroatoms. The summed E-state index contributed by atoms with van der Waals surface area (Å²) in [6.45, 7) is 3.06. The number of aliphatic hydroxyl groups excluding tert-OH is 1. The second kappa shape index (κ2) is 4.52. The van der Waals surface area contributed by atoms with Gasteiger partial charge in [0.15, 0.2) is 0 Å². The van der Waals surface area contributed by atoms with Gasteiger partial charge in [-0.25, -0.2) is 0 Å². The van der Waals surface area contributed by atoms with E-state index in [1.165, 1.54) is 0 Å². The zero-order chi connectivity index (χ0) is 10.8. The van der Waals surface area contributed by atoms with Crippen LogP contribution in [0.2, 0.25) is 0 Å². The van der Waals surface area contributed by atoms with E-state index in [2.05, 4.69) is 6.92 Å². The molecular formula is C12H21NO2. The minimum atomic E-state index is -0.276. The highest BCUT2D eigenvalue weighted by Crippen LogP contribution is 2.28. The first-order chi connectivity index (χ1) is 7.18. The predicted molar refractivity (Wildman–Crippen MR) is 58.4 cm³/mol. The molecule has 1 heterocycles. The fourth-order valence-electron chi connectivity index (χ4n) is 2.78. The molecule has 0 aromatic carbocycles. The monoisotopic (exact) mass is 211 g/mol. The summed E-state index contributed by atoms with van der Waals surface area (Å²) in [4.78, 5) is 13.9. The summed E-state index contributed by atoms with van der Waals surface area (Å²) in [5, 5.41) is 9.82. The molecule has 3 nitrogen and oxygen atoms in total. The zero-order valence-electron chi connectivity index (χ0n) is 9.48. The number of carbonyl (C=O) groups excluding carboxylic acids is 1. The van der Waals surface area contributed by atoms with E-state index in [-0.39, 0.29) is 18.1 Å². The van der Waals surface area contributed by atoms with Gasteiger partial charge in [0.1, 0.15) is 0 Å². The van der Waals surface area contributed by atoms with Crippen LogP contribution in [0.1, 0.15) is 45.4 Å². The second-order valence-electron chi connectivity index (χ2n) is 5.09. The number of hydrogen-bond donors (Lipinski definition) is 1. The van der Waals surface area contributed by atoms with Crippen molar-refractivity contribution in [2.75, 3.05) is 6.54 Å². The Hall–Kier alpha value is -0.570. The van der Waals surface area contributed by atoms with Crippen LogP contribution in [0.5, 0.6) is 0 Å². The van der Waals surface area contributed by atoms with Crippen LogP contribution in [0.25, 0.3) is 0 Å². The van der Waals surface area contributed by atoms with Gasteiger partial charge in [0.05, 0.1) is 12.1 Å². The summed E-state index contributed by atoms with van der Waals surface area (Å²) in [7, 11) is 0. The standard InChI is InChI=1S/C12H21NO2/c1-9-5-6-12(15)13(8-7-9)10-3-2-4-11(10)14/h9-11,14H,2-8H2,1H3/t9?,10-,11-/m0/s1. The third-order valence-corrected chi connectivity index (χ3v) is 3.88. The van der Waals surface area contributed by atoms with Gasteiger partial charge in [-0.3, -0.25) is 4.79 Å². The molecule has 0 radical (unpaired) electrons. The predicted octanol–water partition coefficient (Wildman–Crippen LogP) is 1.55.